The first-order valence-electron chi connectivity index (χ1n) is 9.46. The molecule has 0 spiro atoms. The molecule has 3 amide bonds. The van der Waals surface area contributed by atoms with Crippen LogP contribution in [0.2, 0.25) is 0 Å². The minimum Gasteiger partial charge on any atom is -0.330 e. The average molecular weight is 375 g/mol. The molecule has 1 heterocycles. The van der Waals surface area contributed by atoms with Crippen LogP contribution in [0.4, 0.5) is 0 Å². The smallest absolute Gasteiger partial charge is 0.247 e. The summed E-state index contributed by atoms with van der Waals surface area (Å²) in [6, 6.07) is -0.557. The van der Waals surface area contributed by atoms with Gasteiger partial charge in [0.25, 0.3) is 0 Å². The van der Waals surface area contributed by atoms with Gasteiger partial charge in [0.15, 0.2) is 0 Å². The van der Waals surface area contributed by atoms with Crippen LogP contribution in [0.1, 0.15) is 38.5 Å². The summed E-state index contributed by atoms with van der Waals surface area (Å²) in [6.45, 7) is 7.79. The molecule has 27 heavy (non-hydrogen) atoms. The zero-order chi connectivity index (χ0) is 19.8. The van der Waals surface area contributed by atoms with Crippen molar-refractivity contribution in [3.8, 4) is 0 Å². The Labute approximate surface area is 160 Å². The Bertz CT molecular complexity index is 612. The van der Waals surface area contributed by atoms with Gasteiger partial charge in [0.1, 0.15) is 6.04 Å². The number of amides is 3. The number of rotatable bonds is 10. The van der Waals surface area contributed by atoms with Crippen LogP contribution >= 0.6 is 0 Å². The minimum atomic E-state index is -0.557. The zero-order valence-corrected chi connectivity index (χ0v) is 15.7. The van der Waals surface area contributed by atoms with Crippen LogP contribution in [-0.4, -0.2) is 52.5 Å². The third-order valence-electron chi connectivity index (χ3n) is 5.28. The number of likely N-dealkylation sites (tertiary alicyclic amines) is 1. The molecule has 148 valence electrons. The van der Waals surface area contributed by atoms with Crippen molar-refractivity contribution in [1.29, 1.82) is 0 Å². The SMILES string of the molecule is C=C/C=C\C(=C)NC(=O)[C@@H]1CCCN1C(=O)[C@H](CC1CCC1)CN(O)C=O. The highest BCUT2D eigenvalue weighted by atomic mass is 16.5. The van der Waals surface area contributed by atoms with Crippen molar-refractivity contribution >= 4 is 18.2 Å². The maximum absolute atomic E-state index is 13.1. The molecule has 1 aliphatic heterocycles. The highest BCUT2D eigenvalue weighted by molar-refractivity contribution is 5.90. The third kappa shape index (κ3) is 5.79. The Morgan fingerprint density at radius 2 is 2.04 bits per heavy atom. The second-order valence-electron chi connectivity index (χ2n) is 7.26. The number of nitrogens with zero attached hydrogens (tertiary/aromatic N) is 2. The molecule has 2 aliphatic rings. The molecular weight excluding hydrogens is 346 g/mol. The van der Waals surface area contributed by atoms with E-state index in [2.05, 4.69) is 18.5 Å². The number of hydrogen-bond donors (Lipinski definition) is 2. The number of allylic oxidation sites excluding steroid dienone is 3. The molecule has 1 saturated carbocycles. The van der Waals surface area contributed by atoms with Gasteiger partial charge >= 0.3 is 0 Å². The minimum absolute atomic E-state index is 0.0432. The Kier molecular flexibility index (Phi) is 7.79. The number of carbonyl (C=O) groups is 3. The fourth-order valence-corrected chi connectivity index (χ4v) is 3.66. The summed E-state index contributed by atoms with van der Waals surface area (Å²) in [4.78, 5) is 38.1. The van der Waals surface area contributed by atoms with Gasteiger partial charge in [-0.15, -0.1) is 0 Å². The van der Waals surface area contributed by atoms with Crippen LogP contribution in [0.5, 0.6) is 0 Å². The first kappa shape index (κ1) is 20.9. The molecule has 0 bridgehead atoms. The van der Waals surface area contributed by atoms with Gasteiger partial charge < -0.3 is 10.2 Å². The summed E-state index contributed by atoms with van der Waals surface area (Å²) >= 11 is 0. The standard InChI is InChI=1S/C20H29N3O4/c1-3-4-7-15(2)21-19(25)18-10-6-11-23(18)20(26)17(13-22(27)14-24)12-16-8-5-9-16/h3-4,7,14,16-18,27H,1-2,5-6,8-13H2,(H,21,25)/b7-4-/t17-,18+/m1/s1. The van der Waals surface area contributed by atoms with Gasteiger partial charge in [-0.1, -0.05) is 44.6 Å². The lowest BCUT2D eigenvalue weighted by atomic mass is 9.78. The molecule has 2 N–H and O–H groups in total. The van der Waals surface area contributed by atoms with Crippen molar-refractivity contribution in [1.82, 2.24) is 15.3 Å². The van der Waals surface area contributed by atoms with Crippen molar-refractivity contribution in [2.75, 3.05) is 13.1 Å². The highest BCUT2D eigenvalue weighted by Gasteiger charge is 2.38. The van der Waals surface area contributed by atoms with Crippen LogP contribution in [0.15, 0.2) is 37.1 Å². The van der Waals surface area contributed by atoms with E-state index < -0.39 is 12.0 Å². The van der Waals surface area contributed by atoms with Crippen molar-refractivity contribution < 1.29 is 19.6 Å². The summed E-state index contributed by atoms with van der Waals surface area (Å²) in [5.74, 6) is -0.494. The van der Waals surface area contributed by atoms with Crippen molar-refractivity contribution in [2.24, 2.45) is 11.8 Å². The second kappa shape index (κ2) is 10.1. The first-order chi connectivity index (χ1) is 13.0. The summed E-state index contributed by atoms with van der Waals surface area (Å²) in [7, 11) is 0. The lowest BCUT2D eigenvalue weighted by Crippen LogP contribution is -2.49. The van der Waals surface area contributed by atoms with E-state index in [4.69, 9.17) is 0 Å². The predicted molar refractivity (Wildman–Crippen MR) is 101 cm³/mol. The number of hydroxylamine groups is 2. The molecule has 0 aromatic carbocycles. The molecule has 1 saturated heterocycles. The van der Waals surface area contributed by atoms with E-state index in [0.717, 1.165) is 25.7 Å². The number of carbonyl (C=O) groups excluding carboxylic acids is 3. The predicted octanol–water partition coefficient (Wildman–Crippen LogP) is 2.00. The van der Waals surface area contributed by atoms with Crippen molar-refractivity contribution in [3.05, 3.63) is 37.1 Å². The van der Waals surface area contributed by atoms with Crippen LogP contribution in [0, 0.1) is 11.8 Å². The quantitative estimate of drug-likeness (QED) is 0.264. The normalized spacial score (nSPS) is 20.8. The maximum atomic E-state index is 13.1. The fraction of sp³-hybridized carbons (Fsp3) is 0.550. The second-order valence-corrected chi connectivity index (χ2v) is 7.26. The monoisotopic (exact) mass is 375 g/mol. The van der Waals surface area contributed by atoms with Gasteiger partial charge in [-0.2, -0.15) is 0 Å². The highest BCUT2D eigenvalue weighted by Crippen LogP contribution is 2.34. The number of hydrogen-bond acceptors (Lipinski definition) is 4. The van der Waals surface area contributed by atoms with Crippen molar-refractivity contribution in [2.45, 2.75) is 44.6 Å². The fourth-order valence-electron chi connectivity index (χ4n) is 3.66. The number of nitrogens with one attached hydrogen (secondary N) is 1. The van der Waals surface area contributed by atoms with Crippen LogP contribution in [-0.2, 0) is 14.4 Å². The molecule has 1 aliphatic carbocycles. The Morgan fingerprint density at radius 3 is 2.63 bits per heavy atom. The zero-order valence-electron chi connectivity index (χ0n) is 15.7. The lowest BCUT2D eigenvalue weighted by molar-refractivity contribution is -0.158. The van der Waals surface area contributed by atoms with Gasteiger partial charge in [0, 0.05) is 12.2 Å². The van der Waals surface area contributed by atoms with E-state index >= 15 is 0 Å². The van der Waals surface area contributed by atoms with Gasteiger partial charge in [0.05, 0.1) is 12.5 Å². The molecule has 2 fully saturated rings. The summed E-state index contributed by atoms with van der Waals surface area (Å²) in [5, 5.41) is 12.8. The van der Waals surface area contributed by atoms with Crippen LogP contribution in [0.3, 0.4) is 0 Å². The molecule has 0 radical (unpaired) electrons. The van der Waals surface area contributed by atoms with Gasteiger partial charge in [-0.05, 0) is 31.3 Å². The Morgan fingerprint density at radius 1 is 1.30 bits per heavy atom. The van der Waals surface area contributed by atoms with Crippen LogP contribution < -0.4 is 5.32 Å². The topological polar surface area (TPSA) is 90.0 Å². The van der Waals surface area contributed by atoms with E-state index in [-0.39, 0.29) is 18.4 Å². The maximum Gasteiger partial charge on any atom is 0.247 e. The molecule has 7 heteroatoms. The summed E-state index contributed by atoms with van der Waals surface area (Å²) < 4.78 is 0. The van der Waals surface area contributed by atoms with Crippen molar-refractivity contribution in [3.63, 3.8) is 0 Å². The molecule has 2 rings (SSSR count). The van der Waals surface area contributed by atoms with E-state index in [1.54, 1.807) is 23.1 Å². The van der Waals surface area contributed by atoms with E-state index in [1.165, 1.54) is 0 Å². The van der Waals surface area contributed by atoms with E-state index in [0.29, 0.717) is 42.5 Å². The molecule has 7 nitrogen and oxygen atoms in total. The van der Waals surface area contributed by atoms with E-state index in [9.17, 15) is 19.6 Å². The molecule has 0 aromatic rings. The van der Waals surface area contributed by atoms with Gasteiger partial charge in [-0.3, -0.25) is 19.6 Å². The van der Waals surface area contributed by atoms with Crippen LogP contribution in [0.25, 0.3) is 0 Å². The van der Waals surface area contributed by atoms with E-state index in [1.807, 2.05) is 0 Å². The largest absolute Gasteiger partial charge is 0.330 e. The molecular formula is C20H29N3O4. The molecule has 0 unspecified atom stereocenters. The average Bonchev–Trinajstić information content (AvgIpc) is 3.10. The third-order valence-corrected chi connectivity index (χ3v) is 5.28. The first-order valence-corrected chi connectivity index (χ1v) is 9.46. The molecule has 2 atom stereocenters. The molecule has 0 aromatic heterocycles. The van der Waals surface area contributed by atoms with Gasteiger partial charge in [0.2, 0.25) is 18.2 Å². The van der Waals surface area contributed by atoms with Gasteiger partial charge in [-0.25, -0.2) is 5.06 Å². The lowest BCUT2D eigenvalue weighted by Gasteiger charge is -2.33. The summed E-state index contributed by atoms with van der Waals surface area (Å²) in [6.07, 6.45) is 10.4. The Hall–Kier alpha value is -2.41. The summed E-state index contributed by atoms with van der Waals surface area (Å²) in [5.41, 5.74) is 0.438. The Balaban J connectivity index is 2.04.